The van der Waals surface area contributed by atoms with Crippen molar-refractivity contribution in [2.45, 2.75) is 31.6 Å². The molecule has 0 aromatic heterocycles. The van der Waals surface area contributed by atoms with Gasteiger partial charge in [-0.1, -0.05) is 6.92 Å². The van der Waals surface area contributed by atoms with Crippen molar-refractivity contribution in [2.75, 3.05) is 13.7 Å². The highest BCUT2D eigenvalue weighted by Crippen LogP contribution is 2.33. The van der Waals surface area contributed by atoms with E-state index < -0.39 is 0 Å². The lowest BCUT2D eigenvalue weighted by Gasteiger charge is -2.43. The van der Waals surface area contributed by atoms with Crippen molar-refractivity contribution in [2.24, 2.45) is 0 Å². The van der Waals surface area contributed by atoms with E-state index in [1.165, 1.54) is 12.1 Å². The molecule has 3 nitrogen and oxygen atoms in total. The first kappa shape index (κ1) is 13.8. The van der Waals surface area contributed by atoms with Crippen LogP contribution in [0.25, 0.3) is 0 Å². The molecule has 2 rings (SSSR count). The van der Waals surface area contributed by atoms with Gasteiger partial charge < -0.3 is 14.8 Å². The highest BCUT2D eigenvalue weighted by Gasteiger charge is 2.42. The summed E-state index contributed by atoms with van der Waals surface area (Å²) < 4.78 is 25.1. The Labute approximate surface area is 115 Å². The number of halogens is 2. The standard InChI is InChI=1S/C13H17BrFNO2/c1-3-16-10-7-12(13(10)17-2)18-11-6-8(15)4-5-9(11)14/h4-6,10,12-13,16H,3,7H2,1-2H3. The molecular formula is C13H17BrFNO2. The third-order valence-corrected chi connectivity index (χ3v) is 3.81. The van der Waals surface area contributed by atoms with E-state index in [1.54, 1.807) is 13.2 Å². The molecule has 18 heavy (non-hydrogen) atoms. The second kappa shape index (κ2) is 5.99. The molecule has 0 heterocycles. The second-order valence-corrected chi connectivity index (χ2v) is 5.19. The monoisotopic (exact) mass is 317 g/mol. The highest BCUT2D eigenvalue weighted by atomic mass is 79.9. The van der Waals surface area contributed by atoms with Crippen LogP contribution >= 0.6 is 15.9 Å². The van der Waals surface area contributed by atoms with Gasteiger partial charge in [0.2, 0.25) is 0 Å². The number of likely N-dealkylation sites (N-methyl/N-ethyl adjacent to an activating group) is 1. The van der Waals surface area contributed by atoms with Crippen LogP contribution in [0.5, 0.6) is 5.75 Å². The number of rotatable bonds is 5. The van der Waals surface area contributed by atoms with Crippen LogP contribution in [-0.4, -0.2) is 31.9 Å². The number of nitrogens with one attached hydrogen (secondary N) is 1. The Hall–Kier alpha value is -0.650. The van der Waals surface area contributed by atoms with E-state index in [9.17, 15) is 4.39 Å². The molecular weight excluding hydrogens is 301 g/mol. The largest absolute Gasteiger partial charge is 0.486 e. The maximum Gasteiger partial charge on any atom is 0.136 e. The third-order valence-electron chi connectivity index (χ3n) is 3.16. The summed E-state index contributed by atoms with van der Waals surface area (Å²) in [6.07, 6.45) is 0.854. The molecule has 0 aliphatic heterocycles. The highest BCUT2D eigenvalue weighted by molar-refractivity contribution is 9.10. The minimum Gasteiger partial charge on any atom is -0.486 e. The van der Waals surface area contributed by atoms with Gasteiger partial charge >= 0.3 is 0 Å². The van der Waals surface area contributed by atoms with Crippen LogP contribution in [0.4, 0.5) is 4.39 Å². The van der Waals surface area contributed by atoms with Gasteiger partial charge in [-0.25, -0.2) is 4.39 Å². The smallest absolute Gasteiger partial charge is 0.136 e. The summed E-state index contributed by atoms with van der Waals surface area (Å²) in [5.74, 6) is 0.224. The van der Waals surface area contributed by atoms with Gasteiger partial charge in [-0.3, -0.25) is 0 Å². The Morgan fingerprint density at radius 1 is 1.50 bits per heavy atom. The number of hydrogen-bond donors (Lipinski definition) is 1. The van der Waals surface area contributed by atoms with Gasteiger partial charge in [-0.05, 0) is 34.6 Å². The van der Waals surface area contributed by atoms with Crippen LogP contribution < -0.4 is 10.1 Å². The summed E-state index contributed by atoms with van der Waals surface area (Å²) in [5.41, 5.74) is 0. The molecule has 1 fully saturated rings. The predicted octanol–water partition coefficient (Wildman–Crippen LogP) is 2.73. The van der Waals surface area contributed by atoms with Crippen LogP contribution in [0.1, 0.15) is 13.3 Å². The normalized spacial score (nSPS) is 26.8. The third kappa shape index (κ3) is 2.84. The summed E-state index contributed by atoms with van der Waals surface area (Å²) >= 11 is 3.35. The molecule has 3 atom stereocenters. The van der Waals surface area contributed by atoms with Crippen LogP contribution in [0.15, 0.2) is 22.7 Å². The molecule has 5 heteroatoms. The lowest BCUT2D eigenvalue weighted by atomic mass is 9.85. The number of benzene rings is 1. The molecule has 0 saturated heterocycles. The average Bonchev–Trinajstić information content (AvgIpc) is 2.32. The molecule has 0 spiro atoms. The van der Waals surface area contributed by atoms with Gasteiger partial charge in [-0.15, -0.1) is 0 Å². The summed E-state index contributed by atoms with van der Waals surface area (Å²) in [6, 6.07) is 4.74. The quantitative estimate of drug-likeness (QED) is 0.905. The minimum absolute atomic E-state index is 0.0140. The van der Waals surface area contributed by atoms with Gasteiger partial charge in [0.15, 0.2) is 0 Å². The summed E-state index contributed by atoms with van der Waals surface area (Å²) in [6.45, 7) is 2.96. The van der Waals surface area contributed by atoms with Gasteiger partial charge in [0.1, 0.15) is 23.8 Å². The fourth-order valence-corrected chi connectivity index (χ4v) is 2.55. The van der Waals surface area contributed by atoms with Crippen LogP contribution in [0.3, 0.4) is 0 Å². The Bertz CT molecular complexity index is 416. The van der Waals surface area contributed by atoms with Crippen LogP contribution in [0.2, 0.25) is 0 Å². The van der Waals surface area contributed by atoms with Crippen molar-refractivity contribution in [1.29, 1.82) is 0 Å². The van der Waals surface area contributed by atoms with Crippen molar-refractivity contribution in [1.82, 2.24) is 5.32 Å². The molecule has 3 unspecified atom stereocenters. The zero-order chi connectivity index (χ0) is 13.1. The Kier molecular flexibility index (Phi) is 4.59. The molecule has 1 N–H and O–H groups in total. The molecule has 1 saturated carbocycles. The van der Waals surface area contributed by atoms with E-state index in [-0.39, 0.29) is 18.0 Å². The predicted molar refractivity (Wildman–Crippen MR) is 71.4 cm³/mol. The maximum absolute atomic E-state index is 13.2. The van der Waals surface area contributed by atoms with Crippen molar-refractivity contribution in [3.05, 3.63) is 28.5 Å². The first-order chi connectivity index (χ1) is 8.65. The molecule has 1 aliphatic carbocycles. The van der Waals surface area contributed by atoms with Crippen LogP contribution in [-0.2, 0) is 4.74 Å². The Morgan fingerprint density at radius 2 is 2.28 bits per heavy atom. The van der Waals surface area contributed by atoms with Gasteiger partial charge in [0, 0.05) is 25.6 Å². The average molecular weight is 318 g/mol. The zero-order valence-corrected chi connectivity index (χ0v) is 12.0. The zero-order valence-electron chi connectivity index (χ0n) is 10.5. The molecule has 1 aliphatic rings. The summed E-state index contributed by atoms with van der Waals surface area (Å²) in [7, 11) is 1.67. The van der Waals surface area contributed by atoms with Crippen LogP contribution in [0, 0.1) is 5.82 Å². The molecule has 100 valence electrons. The maximum atomic E-state index is 13.2. The van der Waals surface area contributed by atoms with E-state index in [0.717, 1.165) is 17.4 Å². The van der Waals surface area contributed by atoms with E-state index in [4.69, 9.17) is 9.47 Å². The van der Waals surface area contributed by atoms with E-state index in [2.05, 4.69) is 28.2 Å². The fourth-order valence-electron chi connectivity index (χ4n) is 2.21. The Balaban J connectivity index is 2.00. The lowest BCUT2D eigenvalue weighted by Crippen LogP contribution is -2.60. The number of ether oxygens (including phenoxy) is 2. The van der Waals surface area contributed by atoms with Gasteiger partial charge in [0.25, 0.3) is 0 Å². The minimum atomic E-state index is -0.301. The molecule has 0 amide bonds. The van der Waals surface area contributed by atoms with Crippen molar-refractivity contribution in [3.8, 4) is 5.75 Å². The van der Waals surface area contributed by atoms with Crippen molar-refractivity contribution < 1.29 is 13.9 Å². The first-order valence-electron chi connectivity index (χ1n) is 6.03. The van der Waals surface area contributed by atoms with Crippen molar-refractivity contribution >= 4 is 15.9 Å². The van der Waals surface area contributed by atoms with Crippen molar-refractivity contribution in [3.63, 3.8) is 0 Å². The molecule has 0 radical (unpaired) electrons. The van der Waals surface area contributed by atoms with Gasteiger partial charge in [-0.2, -0.15) is 0 Å². The van der Waals surface area contributed by atoms with E-state index >= 15 is 0 Å². The topological polar surface area (TPSA) is 30.5 Å². The summed E-state index contributed by atoms with van der Waals surface area (Å²) in [4.78, 5) is 0. The number of methoxy groups -OCH3 is 1. The van der Waals surface area contributed by atoms with E-state index in [0.29, 0.717) is 11.8 Å². The van der Waals surface area contributed by atoms with Gasteiger partial charge in [0.05, 0.1) is 4.47 Å². The molecule has 1 aromatic carbocycles. The Morgan fingerprint density at radius 3 is 2.94 bits per heavy atom. The summed E-state index contributed by atoms with van der Waals surface area (Å²) in [5, 5.41) is 3.33. The second-order valence-electron chi connectivity index (χ2n) is 4.33. The van der Waals surface area contributed by atoms with E-state index in [1.807, 2.05) is 0 Å². The molecule has 0 bridgehead atoms. The fraction of sp³-hybridized carbons (Fsp3) is 0.538. The lowest BCUT2D eigenvalue weighted by molar-refractivity contribution is -0.0887. The first-order valence-corrected chi connectivity index (χ1v) is 6.83. The SMILES string of the molecule is CCNC1CC(Oc2cc(F)ccc2Br)C1OC. The molecule has 1 aromatic rings. The number of hydrogen-bond acceptors (Lipinski definition) is 3.